The van der Waals surface area contributed by atoms with Crippen molar-refractivity contribution < 1.29 is 23.8 Å². The number of furan rings is 1. The van der Waals surface area contributed by atoms with Crippen molar-refractivity contribution in [2.24, 2.45) is 0 Å². The van der Waals surface area contributed by atoms with E-state index in [2.05, 4.69) is 5.32 Å². The van der Waals surface area contributed by atoms with Gasteiger partial charge in [0.05, 0.1) is 20.8 Å². The minimum Gasteiger partial charge on any atom is -0.496 e. The molecule has 1 aromatic heterocycles. The molecule has 2 rings (SSSR count). The van der Waals surface area contributed by atoms with Crippen LogP contribution in [0.25, 0.3) is 0 Å². The van der Waals surface area contributed by atoms with E-state index in [0.29, 0.717) is 23.0 Å². The summed E-state index contributed by atoms with van der Waals surface area (Å²) in [4.78, 5) is 12.3. The van der Waals surface area contributed by atoms with E-state index >= 15 is 0 Å². The molecule has 2 N–H and O–H groups in total. The van der Waals surface area contributed by atoms with Gasteiger partial charge in [-0.25, -0.2) is 0 Å². The third kappa shape index (κ3) is 3.40. The zero-order chi connectivity index (χ0) is 16.1. The molecule has 0 aliphatic heterocycles. The molecule has 2 aromatic rings. The molecule has 118 valence electrons. The van der Waals surface area contributed by atoms with Gasteiger partial charge in [0, 0.05) is 0 Å². The molecule has 0 aliphatic rings. The first-order valence-corrected chi connectivity index (χ1v) is 6.80. The number of ether oxygens (including phenoxy) is 2. The minimum atomic E-state index is -0.918. The standard InChI is InChI=1S/C16H19NO5/c1-10-7-8-12(22-10)11(18)9-17-16(19)15-13(20-2)5-4-6-14(15)21-3/h4-8,11,18H,9H2,1-3H3,(H,17,19). The van der Waals surface area contributed by atoms with E-state index in [-0.39, 0.29) is 12.1 Å². The second-order valence-electron chi connectivity index (χ2n) is 4.71. The van der Waals surface area contributed by atoms with E-state index in [1.807, 2.05) is 0 Å². The van der Waals surface area contributed by atoms with Gasteiger partial charge >= 0.3 is 0 Å². The number of benzene rings is 1. The Labute approximate surface area is 128 Å². The maximum atomic E-state index is 12.3. The summed E-state index contributed by atoms with van der Waals surface area (Å²) in [6, 6.07) is 8.50. The highest BCUT2D eigenvalue weighted by Gasteiger charge is 2.20. The zero-order valence-corrected chi connectivity index (χ0v) is 12.8. The lowest BCUT2D eigenvalue weighted by Gasteiger charge is -2.14. The predicted molar refractivity (Wildman–Crippen MR) is 80.3 cm³/mol. The topological polar surface area (TPSA) is 80.9 Å². The Hall–Kier alpha value is -2.47. The van der Waals surface area contributed by atoms with Crippen molar-refractivity contribution in [1.29, 1.82) is 0 Å². The summed E-state index contributed by atoms with van der Waals surface area (Å²) in [7, 11) is 2.96. The monoisotopic (exact) mass is 305 g/mol. The Bertz CT molecular complexity index is 627. The quantitative estimate of drug-likeness (QED) is 0.854. The molecule has 0 radical (unpaired) electrons. The number of aryl methyl sites for hydroxylation is 1. The Kier molecular flexibility index (Phi) is 5.06. The van der Waals surface area contributed by atoms with Crippen LogP contribution in [-0.2, 0) is 0 Å². The fraction of sp³-hybridized carbons (Fsp3) is 0.312. The van der Waals surface area contributed by atoms with Crippen LogP contribution in [-0.4, -0.2) is 31.8 Å². The molecule has 0 saturated carbocycles. The van der Waals surface area contributed by atoms with Crippen LogP contribution in [0, 0.1) is 6.92 Å². The van der Waals surface area contributed by atoms with E-state index in [1.54, 1.807) is 37.3 Å². The van der Waals surface area contributed by atoms with Crippen molar-refractivity contribution in [2.75, 3.05) is 20.8 Å². The first-order chi connectivity index (χ1) is 10.6. The van der Waals surface area contributed by atoms with Gasteiger partial charge in [-0.05, 0) is 31.2 Å². The molecule has 0 bridgehead atoms. The number of carbonyl (C=O) groups is 1. The molecule has 6 heteroatoms. The number of aliphatic hydroxyl groups excluding tert-OH is 1. The average Bonchev–Trinajstić information content (AvgIpc) is 2.97. The Morgan fingerprint density at radius 1 is 1.23 bits per heavy atom. The van der Waals surface area contributed by atoms with Gasteiger partial charge in [-0.3, -0.25) is 4.79 Å². The number of carbonyl (C=O) groups excluding carboxylic acids is 1. The largest absolute Gasteiger partial charge is 0.496 e. The van der Waals surface area contributed by atoms with E-state index in [1.165, 1.54) is 14.2 Å². The Balaban J connectivity index is 2.09. The number of amides is 1. The molecule has 1 heterocycles. The SMILES string of the molecule is COc1cccc(OC)c1C(=O)NCC(O)c1ccc(C)o1. The van der Waals surface area contributed by atoms with Crippen LogP contribution < -0.4 is 14.8 Å². The molecule has 0 spiro atoms. The van der Waals surface area contributed by atoms with E-state index in [0.717, 1.165) is 0 Å². The summed E-state index contributed by atoms with van der Waals surface area (Å²) in [6.07, 6.45) is -0.918. The van der Waals surface area contributed by atoms with Gasteiger partial charge in [0.2, 0.25) is 0 Å². The second-order valence-corrected chi connectivity index (χ2v) is 4.71. The van der Waals surface area contributed by atoms with Crippen LogP contribution in [0.5, 0.6) is 11.5 Å². The number of nitrogens with one attached hydrogen (secondary N) is 1. The molecule has 0 saturated heterocycles. The van der Waals surface area contributed by atoms with Crippen LogP contribution in [0.1, 0.15) is 28.0 Å². The van der Waals surface area contributed by atoms with Crippen molar-refractivity contribution in [3.05, 3.63) is 47.4 Å². The second kappa shape index (κ2) is 7.00. The highest BCUT2D eigenvalue weighted by Crippen LogP contribution is 2.28. The molecular weight excluding hydrogens is 286 g/mol. The van der Waals surface area contributed by atoms with Crippen LogP contribution in [0.4, 0.5) is 0 Å². The minimum absolute atomic E-state index is 0.0208. The summed E-state index contributed by atoms with van der Waals surface area (Å²) >= 11 is 0. The molecular formula is C16H19NO5. The van der Waals surface area contributed by atoms with Crippen LogP contribution in [0.3, 0.4) is 0 Å². The van der Waals surface area contributed by atoms with Crippen molar-refractivity contribution in [3.8, 4) is 11.5 Å². The van der Waals surface area contributed by atoms with Gasteiger partial charge in [-0.15, -0.1) is 0 Å². The summed E-state index contributed by atoms with van der Waals surface area (Å²) in [6.45, 7) is 1.81. The van der Waals surface area contributed by atoms with Crippen LogP contribution in [0.2, 0.25) is 0 Å². The summed E-state index contributed by atoms with van der Waals surface area (Å²) in [5.41, 5.74) is 0.287. The van der Waals surface area contributed by atoms with Gasteiger partial charge in [0.25, 0.3) is 5.91 Å². The molecule has 22 heavy (non-hydrogen) atoms. The first-order valence-electron chi connectivity index (χ1n) is 6.80. The average molecular weight is 305 g/mol. The molecule has 1 amide bonds. The van der Waals surface area contributed by atoms with Gasteiger partial charge in [-0.2, -0.15) is 0 Å². The molecule has 1 aromatic carbocycles. The van der Waals surface area contributed by atoms with E-state index < -0.39 is 12.0 Å². The molecule has 0 aliphatic carbocycles. The van der Waals surface area contributed by atoms with Crippen molar-refractivity contribution in [1.82, 2.24) is 5.32 Å². The first kappa shape index (κ1) is 15.9. The van der Waals surface area contributed by atoms with Crippen molar-refractivity contribution >= 4 is 5.91 Å². The maximum Gasteiger partial charge on any atom is 0.258 e. The van der Waals surface area contributed by atoms with Crippen LogP contribution in [0.15, 0.2) is 34.7 Å². The normalized spacial score (nSPS) is 11.8. The lowest BCUT2D eigenvalue weighted by Crippen LogP contribution is -2.29. The van der Waals surface area contributed by atoms with Gasteiger partial charge in [0.1, 0.15) is 34.7 Å². The number of aliphatic hydroxyl groups is 1. The summed E-state index contributed by atoms with van der Waals surface area (Å²) in [5.74, 6) is 1.52. The van der Waals surface area contributed by atoms with Gasteiger partial charge in [-0.1, -0.05) is 6.07 Å². The number of methoxy groups -OCH3 is 2. The highest BCUT2D eigenvalue weighted by molar-refractivity contribution is 5.99. The molecule has 1 atom stereocenters. The zero-order valence-electron chi connectivity index (χ0n) is 12.8. The lowest BCUT2D eigenvalue weighted by atomic mass is 10.1. The predicted octanol–water partition coefficient (Wildman–Crippen LogP) is 2.07. The molecule has 6 nitrogen and oxygen atoms in total. The number of rotatable bonds is 6. The third-order valence-electron chi connectivity index (χ3n) is 3.20. The van der Waals surface area contributed by atoms with Crippen LogP contribution >= 0.6 is 0 Å². The number of hydrogen-bond donors (Lipinski definition) is 2. The van der Waals surface area contributed by atoms with Crippen molar-refractivity contribution in [2.45, 2.75) is 13.0 Å². The number of hydrogen-bond acceptors (Lipinski definition) is 5. The maximum absolute atomic E-state index is 12.3. The summed E-state index contributed by atoms with van der Waals surface area (Å²) < 4.78 is 15.7. The smallest absolute Gasteiger partial charge is 0.258 e. The molecule has 0 fully saturated rings. The van der Waals surface area contributed by atoms with Gasteiger partial charge < -0.3 is 24.3 Å². The third-order valence-corrected chi connectivity index (χ3v) is 3.20. The highest BCUT2D eigenvalue weighted by atomic mass is 16.5. The Morgan fingerprint density at radius 3 is 2.36 bits per heavy atom. The van der Waals surface area contributed by atoms with Gasteiger partial charge in [0.15, 0.2) is 0 Å². The molecule has 1 unspecified atom stereocenters. The van der Waals surface area contributed by atoms with E-state index in [4.69, 9.17) is 13.9 Å². The fourth-order valence-electron chi connectivity index (χ4n) is 2.09. The summed E-state index contributed by atoms with van der Waals surface area (Å²) in [5, 5.41) is 12.7. The van der Waals surface area contributed by atoms with Crippen molar-refractivity contribution in [3.63, 3.8) is 0 Å². The van der Waals surface area contributed by atoms with E-state index in [9.17, 15) is 9.90 Å². The lowest BCUT2D eigenvalue weighted by molar-refractivity contribution is 0.0894. The fourth-order valence-corrected chi connectivity index (χ4v) is 2.09. The Morgan fingerprint density at radius 2 is 1.86 bits per heavy atom.